The molecular formula is C12H19N3O. The van der Waals surface area contributed by atoms with E-state index in [1.807, 2.05) is 13.8 Å². The van der Waals surface area contributed by atoms with E-state index in [1.54, 1.807) is 4.57 Å². The van der Waals surface area contributed by atoms with Crippen molar-refractivity contribution in [2.75, 3.05) is 0 Å². The fourth-order valence-corrected chi connectivity index (χ4v) is 2.23. The van der Waals surface area contributed by atoms with Gasteiger partial charge in [0.05, 0.1) is 5.69 Å². The molecule has 4 heteroatoms. The summed E-state index contributed by atoms with van der Waals surface area (Å²) < 4.78 is 1.73. The molecule has 1 aromatic rings. The summed E-state index contributed by atoms with van der Waals surface area (Å²) in [5.74, 6) is 0.801. The number of aryl methyl sites for hydroxylation is 2. The highest BCUT2D eigenvalue weighted by Crippen LogP contribution is 2.16. The van der Waals surface area contributed by atoms with Crippen molar-refractivity contribution in [2.45, 2.75) is 52.1 Å². The molecule has 0 aromatic carbocycles. The van der Waals surface area contributed by atoms with Gasteiger partial charge in [-0.15, -0.1) is 0 Å². The summed E-state index contributed by atoms with van der Waals surface area (Å²) in [6.07, 6.45) is 3.76. The summed E-state index contributed by atoms with van der Waals surface area (Å²) in [5, 5.41) is 0. The molecule has 0 aliphatic heterocycles. The van der Waals surface area contributed by atoms with Crippen LogP contribution in [0.5, 0.6) is 0 Å². The second kappa shape index (κ2) is 4.37. The lowest BCUT2D eigenvalue weighted by Crippen LogP contribution is -2.35. The summed E-state index contributed by atoms with van der Waals surface area (Å²) in [6.45, 7) is 4.51. The maximum absolute atomic E-state index is 12.2. The van der Waals surface area contributed by atoms with E-state index in [9.17, 15) is 4.79 Å². The molecule has 1 aromatic heterocycles. The molecule has 1 heterocycles. The van der Waals surface area contributed by atoms with Crippen LogP contribution in [0.25, 0.3) is 0 Å². The number of nitrogens with two attached hydrogens (primary N) is 1. The van der Waals surface area contributed by atoms with E-state index in [1.165, 1.54) is 0 Å². The van der Waals surface area contributed by atoms with E-state index in [2.05, 4.69) is 4.98 Å². The van der Waals surface area contributed by atoms with Gasteiger partial charge < -0.3 is 5.73 Å². The molecule has 0 amide bonds. The van der Waals surface area contributed by atoms with Crippen molar-refractivity contribution in [1.29, 1.82) is 0 Å². The highest BCUT2D eigenvalue weighted by atomic mass is 16.1. The van der Waals surface area contributed by atoms with Crippen LogP contribution in [0, 0.1) is 6.92 Å². The fraction of sp³-hybridized carbons (Fsp3) is 0.667. The van der Waals surface area contributed by atoms with Gasteiger partial charge in [0, 0.05) is 18.2 Å². The van der Waals surface area contributed by atoms with Gasteiger partial charge in [-0.25, -0.2) is 4.98 Å². The summed E-state index contributed by atoms with van der Waals surface area (Å²) in [6, 6.07) is 0.0395. The molecule has 1 unspecified atom stereocenters. The molecule has 0 radical (unpaired) electrons. The average Bonchev–Trinajstić information content (AvgIpc) is 2.71. The second-order valence-corrected chi connectivity index (χ2v) is 4.52. The quantitative estimate of drug-likeness (QED) is 0.820. The maximum Gasteiger partial charge on any atom is 0.256 e. The zero-order valence-electron chi connectivity index (χ0n) is 9.99. The van der Waals surface area contributed by atoms with Crippen molar-refractivity contribution in [3.05, 3.63) is 27.4 Å². The SMILES string of the molecule is CCC(N)Cn1c(C)nc2c(c1=O)CCC2. The Kier molecular flexibility index (Phi) is 3.10. The lowest BCUT2D eigenvalue weighted by Gasteiger charge is -2.15. The third-order valence-corrected chi connectivity index (χ3v) is 3.32. The first-order valence-corrected chi connectivity index (χ1v) is 5.98. The Hall–Kier alpha value is -1.16. The summed E-state index contributed by atoms with van der Waals surface area (Å²) in [7, 11) is 0. The molecule has 1 aliphatic rings. The van der Waals surface area contributed by atoms with Crippen molar-refractivity contribution < 1.29 is 0 Å². The summed E-state index contributed by atoms with van der Waals surface area (Å²) in [5.41, 5.74) is 7.94. The predicted molar refractivity (Wildman–Crippen MR) is 63.5 cm³/mol. The molecule has 4 nitrogen and oxygen atoms in total. The molecule has 0 fully saturated rings. The Morgan fingerprint density at radius 3 is 2.94 bits per heavy atom. The monoisotopic (exact) mass is 221 g/mol. The summed E-state index contributed by atoms with van der Waals surface area (Å²) >= 11 is 0. The minimum atomic E-state index is 0.0395. The molecule has 1 aliphatic carbocycles. The van der Waals surface area contributed by atoms with Gasteiger partial charge in [-0.1, -0.05) is 6.92 Å². The van der Waals surface area contributed by atoms with Crippen molar-refractivity contribution in [3.63, 3.8) is 0 Å². The van der Waals surface area contributed by atoms with Gasteiger partial charge in [0.2, 0.25) is 0 Å². The molecule has 0 spiro atoms. The molecule has 2 N–H and O–H groups in total. The van der Waals surface area contributed by atoms with E-state index in [0.717, 1.165) is 42.8 Å². The topological polar surface area (TPSA) is 60.9 Å². The van der Waals surface area contributed by atoms with E-state index in [-0.39, 0.29) is 11.6 Å². The average molecular weight is 221 g/mol. The largest absolute Gasteiger partial charge is 0.326 e. The Bertz CT molecular complexity index is 450. The Morgan fingerprint density at radius 2 is 2.25 bits per heavy atom. The van der Waals surface area contributed by atoms with Gasteiger partial charge in [-0.3, -0.25) is 9.36 Å². The number of hydrogen-bond donors (Lipinski definition) is 1. The number of rotatable bonds is 3. The normalized spacial score (nSPS) is 16.2. The van der Waals surface area contributed by atoms with Crippen LogP contribution < -0.4 is 11.3 Å². The standard InChI is InChI=1S/C12H19N3O/c1-3-9(13)7-15-8(2)14-11-6-4-5-10(11)12(15)16/h9H,3-7,13H2,1-2H3. The van der Waals surface area contributed by atoms with Crippen LogP contribution >= 0.6 is 0 Å². The van der Waals surface area contributed by atoms with E-state index in [4.69, 9.17) is 5.73 Å². The summed E-state index contributed by atoms with van der Waals surface area (Å²) in [4.78, 5) is 16.7. The molecule has 88 valence electrons. The first kappa shape index (κ1) is 11.3. The van der Waals surface area contributed by atoms with Gasteiger partial charge in [-0.2, -0.15) is 0 Å². The lowest BCUT2D eigenvalue weighted by atomic mass is 10.2. The van der Waals surface area contributed by atoms with Crippen molar-refractivity contribution >= 4 is 0 Å². The van der Waals surface area contributed by atoms with E-state index in [0.29, 0.717) is 6.54 Å². The Morgan fingerprint density at radius 1 is 1.50 bits per heavy atom. The zero-order valence-corrected chi connectivity index (χ0v) is 9.99. The highest BCUT2D eigenvalue weighted by molar-refractivity contribution is 5.23. The van der Waals surface area contributed by atoms with Crippen LogP contribution in [0.4, 0.5) is 0 Å². The van der Waals surface area contributed by atoms with Gasteiger partial charge in [0.25, 0.3) is 5.56 Å². The molecule has 0 bridgehead atoms. The molecule has 2 rings (SSSR count). The van der Waals surface area contributed by atoms with Crippen LogP contribution in [0.1, 0.15) is 36.8 Å². The fourth-order valence-electron chi connectivity index (χ4n) is 2.23. The molecule has 0 saturated carbocycles. The van der Waals surface area contributed by atoms with Crippen molar-refractivity contribution in [1.82, 2.24) is 9.55 Å². The zero-order chi connectivity index (χ0) is 11.7. The smallest absolute Gasteiger partial charge is 0.256 e. The Labute approximate surface area is 95.5 Å². The first-order valence-electron chi connectivity index (χ1n) is 5.98. The van der Waals surface area contributed by atoms with E-state index < -0.39 is 0 Å². The molecular weight excluding hydrogens is 202 g/mol. The van der Waals surface area contributed by atoms with E-state index >= 15 is 0 Å². The molecule has 16 heavy (non-hydrogen) atoms. The third kappa shape index (κ3) is 1.89. The van der Waals surface area contributed by atoms with Gasteiger partial charge >= 0.3 is 0 Å². The van der Waals surface area contributed by atoms with Crippen LogP contribution in [0.3, 0.4) is 0 Å². The predicted octanol–water partition coefficient (Wildman–Crippen LogP) is 0.778. The number of fused-ring (bicyclic) bond motifs is 1. The minimum Gasteiger partial charge on any atom is -0.326 e. The lowest BCUT2D eigenvalue weighted by molar-refractivity contribution is 0.508. The first-order chi connectivity index (χ1) is 7.63. The highest BCUT2D eigenvalue weighted by Gasteiger charge is 2.19. The third-order valence-electron chi connectivity index (χ3n) is 3.32. The number of hydrogen-bond acceptors (Lipinski definition) is 3. The van der Waals surface area contributed by atoms with Gasteiger partial charge in [-0.05, 0) is 32.6 Å². The van der Waals surface area contributed by atoms with Crippen molar-refractivity contribution in [2.24, 2.45) is 5.73 Å². The van der Waals surface area contributed by atoms with Crippen LogP contribution in [0.2, 0.25) is 0 Å². The molecule has 0 saturated heterocycles. The van der Waals surface area contributed by atoms with Crippen LogP contribution in [-0.2, 0) is 19.4 Å². The van der Waals surface area contributed by atoms with Gasteiger partial charge in [0.1, 0.15) is 5.82 Å². The van der Waals surface area contributed by atoms with Crippen molar-refractivity contribution in [3.8, 4) is 0 Å². The van der Waals surface area contributed by atoms with Crippen LogP contribution in [-0.4, -0.2) is 15.6 Å². The molecule has 1 atom stereocenters. The minimum absolute atomic E-state index is 0.0395. The second-order valence-electron chi connectivity index (χ2n) is 4.52. The maximum atomic E-state index is 12.2. The Balaban J connectivity index is 2.42. The number of aromatic nitrogens is 2. The van der Waals surface area contributed by atoms with Crippen LogP contribution in [0.15, 0.2) is 4.79 Å². The number of nitrogens with zero attached hydrogens (tertiary/aromatic N) is 2. The van der Waals surface area contributed by atoms with Gasteiger partial charge in [0.15, 0.2) is 0 Å².